The largest absolute Gasteiger partial charge is 0.340 e. The molecule has 3 heterocycles. The predicted octanol–water partition coefficient (Wildman–Crippen LogP) is 3.04. The fraction of sp³-hybridized carbons (Fsp3) is 0.250. The topological polar surface area (TPSA) is 100 Å². The molecule has 2 N–H and O–H groups in total. The average molecular weight is 408 g/mol. The van der Waals surface area contributed by atoms with Crippen molar-refractivity contribution < 1.29 is 9.59 Å². The number of hydrogen-bond acceptors (Lipinski definition) is 7. The van der Waals surface area contributed by atoms with Crippen LogP contribution in [0.15, 0.2) is 54.3 Å². The fourth-order valence-electron chi connectivity index (χ4n) is 3.23. The van der Waals surface area contributed by atoms with Crippen molar-refractivity contribution in [2.75, 3.05) is 28.6 Å². The molecule has 1 aromatic carbocycles. The van der Waals surface area contributed by atoms with Crippen LogP contribution in [-0.2, 0) is 4.79 Å². The lowest BCUT2D eigenvalue weighted by Gasteiger charge is -2.31. The van der Waals surface area contributed by atoms with Crippen LogP contribution in [0.4, 0.5) is 16.8 Å². The molecule has 1 aliphatic rings. The van der Waals surface area contributed by atoms with Crippen molar-refractivity contribution >= 4 is 39.9 Å². The Labute approximate surface area is 172 Å². The number of carbonyl (C=O) groups excluding carboxylic acids is 2. The van der Waals surface area contributed by atoms with Crippen LogP contribution in [0.3, 0.4) is 0 Å². The van der Waals surface area contributed by atoms with Crippen LogP contribution in [-0.4, -0.2) is 39.9 Å². The Morgan fingerprint density at radius 3 is 2.55 bits per heavy atom. The van der Waals surface area contributed by atoms with Crippen molar-refractivity contribution in [3.63, 3.8) is 0 Å². The van der Waals surface area contributed by atoms with Crippen LogP contribution < -0.4 is 15.5 Å². The molecule has 2 aromatic heterocycles. The number of hydrogen-bond donors (Lipinski definition) is 2. The average Bonchev–Trinajstić information content (AvgIpc) is 3.28. The van der Waals surface area contributed by atoms with Crippen LogP contribution in [0, 0.1) is 5.92 Å². The van der Waals surface area contributed by atoms with Gasteiger partial charge in [0.25, 0.3) is 5.91 Å². The summed E-state index contributed by atoms with van der Waals surface area (Å²) in [6.45, 7) is 1.43. The van der Waals surface area contributed by atoms with Gasteiger partial charge in [-0.1, -0.05) is 0 Å². The molecule has 2 amide bonds. The van der Waals surface area contributed by atoms with Crippen LogP contribution in [0.5, 0.6) is 0 Å². The number of piperidine rings is 1. The molecule has 1 saturated heterocycles. The van der Waals surface area contributed by atoms with Gasteiger partial charge in [-0.3, -0.25) is 14.9 Å². The van der Waals surface area contributed by atoms with E-state index in [1.54, 1.807) is 54.3 Å². The predicted molar refractivity (Wildman–Crippen MR) is 112 cm³/mol. The first-order valence-electron chi connectivity index (χ1n) is 9.33. The first-order valence-corrected chi connectivity index (χ1v) is 10.2. The van der Waals surface area contributed by atoms with E-state index < -0.39 is 0 Å². The molecule has 4 rings (SSSR count). The Balaban J connectivity index is 1.35. The number of aromatic nitrogens is 3. The quantitative estimate of drug-likeness (QED) is 0.673. The highest BCUT2D eigenvalue weighted by Crippen LogP contribution is 2.22. The molecule has 29 heavy (non-hydrogen) atoms. The zero-order valence-electron chi connectivity index (χ0n) is 15.6. The second kappa shape index (κ2) is 8.78. The lowest BCUT2D eigenvalue weighted by atomic mass is 9.97. The van der Waals surface area contributed by atoms with E-state index in [9.17, 15) is 9.59 Å². The molecule has 0 aliphatic carbocycles. The Hall–Kier alpha value is -3.33. The van der Waals surface area contributed by atoms with Gasteiger partial charge in [-0.2, -0.15) is 0 Å². The van der Waals surface area contributed by atoms with Crippen LogP contribution in [0.2, 0.25) is 0 Å². The van der Waals surface area contributed by atoms with Crippen molar-refractivity contribution in [3.8, 4) is 0 Å². The molecule has 1 aliphatic heterocycles. The van der Waals surface area contributed by atoms with E-state index >= 15 is 0 Å². The second-order valence-electron chi connectivity index (χ2n) is 6.69. The van der Waals surface area contributed by atoms with Crippen molar-refractivity contribution in [2.24, 2.45) is 5.92 Å². The van der Waals surface area contributed by atoms with Gasteiger partial charge in [-0.05, 0) is 43.2 Å². The third-order valence-electron chi connectivity index (χ3n) is 4.69. The van der Waals surface area contributed by atoms with Gasteiger partial charge in [0.05, 0.1) is 5.92 Å². The molecule has 1 unspecified atom stereocenters. The normalized spacial score (nSPS) is 16.3. The lowest BCUT2D eigenvalue weighted by Crippen LogP contribution is -2.41. The summed E-state index contributed by atoms with van der Waals surface area (Å²) in [7, 11) is 0. The van der Waals surface area contributed by atoms with Crippen molar-refractivity contribution in [1.29, 1.82) is 0 Å². The highest BCUT2D eigenvalue weighted by molar-refractivity contribution is 7.13. The van der Waals surface area contributed by atoms with Gasteiger partial charge < -0.3 is 10.2 Å². The molecule has 148 valence electrons. The van der Waals surface area contributed by atoms with Gasteiger partial charge in [-0.25, -0.2) is 15.0 Å². The number of anilines is 3. The lowest BCUT2D eigenvalue weighted by molar-refractivity contribution is -0.120. The van der Waals surface area contributed by atoms with Crippen LogP contribution in [0.1, 0.15) is 23.2 Å². The smallest absolute Gasteiger partial charge is 0.257 e. The molecule has 1 atom stereocenters. The van der Waals surface area contributed by atoms with Gasteiger partial charge in [-0.15, -0.1) is 11.3 Å². The summed E-state index contributed by atoms with van der Waals surface area (Å²) in [6.07, 6.45) is 6.78. The van der Waals surface area contributed by atoms with Crippen molar-refractivity contribution in [3.05, 3.63) is 59.9 Å². The Morgan fingerprint density at radius 2 is 1.83 bits per heavy atom. The number of nitrogens with zero attached hydrogens (tertiary/aromatic N) is 4. The van der Waals surface area contributed by atoms with Gasteiger partial charge in [0.15, 0.2) is 5.13 Å². The Morgan fingerprint density at radius 1 is 1.03 bits per heavy atom. The molecule has 1 fully saturated rings. The monoisotopic (exact) mass is 408 g/mol. The second-order valence-corrected chi connectivity index (χ2v) is 7.59. The van der Waals surface area contributed by atoms with E-state index in [0.29, 0.717) is 28.9 Å². The maximum absolute atomic E-state index is 12.7. The van der Waals surface area contributed by atoms with E-state index in [4.69, 9.17) is 0 Å². The Kier molecular flexibility index (Phi) is 5.76. The van der Waals surface area contributed by atoms with Gasteiger partial charge in [0, 0.05) is 48.3 Å². The highest BCUT2D eigenvalue weighted by Gasteiger charge is 2.27. The SMILES string of the molecule is O=C(Nc1nccs1)c1ccc(NC(=O)C2CCCN(c3ncccn3)C2)cc1. The van der Waals surface area contributed by atoms with Crippen molar-refractivity contribution in [1.82, 2.24) is 15.0 Å². The molecule has 8 nitrogen and oxygen atoms in total. The molecule has 0 radical (unpaired) electrons. The number of amides is 2. The Bertz CT molecular complexity index is 962. The zero-order valence-corrected chi connectivity index (χ0v) is 16.4. The summed E-state index contributed by atoms with van der Waals surface area (Å²) < 4.78 is 0. The van der Waals surface area contributed by atoms with E-state index in [0.717, 1.165) is 19.4 Å². The van der Waals surface area contributed by atoms with Crippen LogP contribution >= 0.6 is 11.3 Å². The number of nitrogens with one attached hydrogen (secondary N) is 2. The van der Waals surface area contributed by atoms with E-state index in [1.807, 2.05) is 4.90 Å². The number of rotatable bonds is 5. The summed E-state index contributed by atoms with van der Waals surface area (Å²) in [6, 6.07) is 8.61. The zero-order chi connectivity index (χ0) is 20.1. The minimum absolute atomic E-state index is 0.0365. The van der Waals surface area contributed by atoms with Gasteiger partial charge in [0.2, 0.25) is 11.9 Å². The van der Waals surface area contributed by atoms with Gasteiger partial charge >= 0.3 is 0 Å². The maximum Gasteiger partial charge on any atom is 0.257 e. The van der Waals surface area contributed by atoms with E-state index in [-0.39, 0.29) is 17.7 Å². The molecule has 9 heteroatoms. The molecule has 0 spiro atoms. The first kappa shape index (κ1) is 19.0. The number of benzene rings is 1. The number of thiazole rings is 1. The summed E-state index contributed by atoms with van der Waals surface area (Å²) in [4.78, 5) is 39.5. The van der Waals surface area contributed by atoms with Gasteiger partial charge in [0.1, 0.15) is 0 Å². The van der Waals surface area contributed by atoms with Crippen molar-refractivity contribution in [2.45, 2.75) is 12.8 Å². The first-order chi connectivity index (χ1) is 14.2. The van der Waals surface area contributed by atoms with E-state index in [2.05, 4.69) is 25.6 Å². The summed E-state index contributed by atoms with van der Waals surface area (Å²) in [5.41, 5.74) is 1.16. The standard InChI is InChI=1S/C20H20N6O2S/c27-17(25-20-23-10-12-29-20)14-4-6-16(7-5-14)24-18(28)15-3-1-11-26(13-15)19-21-8-2-9-22-19/h2,4-10,12,15H,1,3,11,13H2,(H,24,28)(H,23,25,27). The number of carbonyl (C=O) groups is 2. The summed E-state index contributed by atoms with van der Waals surface area (Å²) in [5, 5.41) is 8.03. The maximum atomic E-state index is 12.7. The third-order valence-corrected chi connectivity index (χ3v) is 5.38. The third kappa shape index (κ3) is 4.75. The summed E-state index contributed by atoms with van der Waals surface area (Å²) >= 11 is 1.36. The molecule has 0 saturated carbocycles. The molecule has 3 aromatic rings. The molecular weight excluding hydrogens is 388 g/mol. The van der Waals surface area contributed by atoms with E-state index in [1.165, 1.54) is 11.3 Å². The molecular formula is C20H20N6O2S. The minimum Gasteiger partial charge on any atom is -0.340 e. The summed E-state index contributed by atoms with van der Waals surface area (Å²) in [5.74, 6) is 0.246. The van der Waals surface area contributed by atoms with Crippen LogP contribution in [0.25, 0.3) is 0 Å². The molecule has 0 bridgehead atoms. The minimum atomic E-state index is -0.233. The highest BCUT2D eigenvalue weighted by atomic mass is 32.1. The fourth-order valence-corrected chi connectivity index (χ4v) is 3.76.